The van der Waals surface area contributed by atoms with Crippen LogP contribution in [-0.4, -0.2) is 19.1 Å². The van der Waals surface area contributed by atoms with Crippen molar-refractivity contribution in [3.63, 3.8) is 0 Å². The zero-order valence-electron chi connectivity index (χ0n) is 39.2. The van der Waals surface area contributed by atoms with E-state index in [0.29, 0.717) is 30.1 Å². The maximum atomic E-state index is 15.4. The van der Waals surface area contributed by atoms with Gasteiger partial charge in [-0.15, -0.1) is 0 Å². The van der Waals surface area contributed by atoms with Crippen LogP contribution in [0.15, 0.2) is 223 Å². The molecule has 1 aliphatic heterocycles. The van der Waals surface area contributed by atoms with E-state index >= 15 is 4.79 Å². The fourth-order valence-electron chi connectivity index (χ4n) is 9.13. The van der Waals surface area contributed by atoms with Crippen LogP contribution < -0.4 is 29.2 Å². The fourth-order valence-corrected chi connectivity index (χ4v) is 9.13. The van der Waals surface area contributed by atoms with E-state index in [9.17, 15) is 0 Å². The molecule has 1 amide bonds. The molecule has 0 saturated carbocycles. The molecule has 7 heteroatoms. The molecular weight excluding hydrogens is 851 g/mol. The molecule has 1 aliphatic carbocycles. The molecule has 0 radical (unpaired) electrons. The Morgan fingerprint density at radius 2 is 1.07 bits per heavy atom. The number of rotatable bonds is 13. The zero-order valence-corrected chi connectivity index (χ0v) is 39.2. The van der Waals surface area contributed by atoms with Gasteiger partial charge in [-0.3, -0.25) is 9.69 Å². The molecular formula is C62H52N3O4+. The first kappa shape index (κ1) is 44.2. The highest BCUT2D eigenvalue weighted by Gasteiger charge is 2.28. The van der Waals surface area contributed by atoms with Crippen molar-refractivity contribution in [3.05, 3.63) is 240 Å². The summed E-state index contributed by atoms with van der Waals surface area (Å²) >= 11 is 0. The number of aryl methyl sites for hydroxylation is 2. The summed E-state index contributed by atoms with van der Waals surface area (Å²) in [5, 5.41) is 1.77. The monoisotopic (exact) mass is 902 g/mol. The number of amides is 1. The summed E-state index contributed by atoms with van der Waals surface area (Å²) in [6, 6.07) is 73.6. The largest absolute Gasteiger partial charge is 0.494 e. The van der Waals surface area contributed by atoms with Gasteiger partial charge in [0.25, 0.3) is 5.91 Å². The second-order valence-corrected chi connectivity index (χ2v) is 16.9. The first-order chi connectivity index (χ1) is 33.9. The maximum absolute atomic E-state index is 15.4. The quantitative estimate of drug-likeness (QED) is 0.0852. The zero-order chi connectivity index (χ0) is 47.3. The van der Waals surface area contributed by atoms with Crippen molar-refractivity contribution in [3.8, 4) is 33.9 Å². The number of carbonyl (C=O) groups excluding carboxylic acids is 1. The highest BCUT2D eigenvalue weighted by molar-refractivity contribution is 6.17. The second-order valence-electron chi connectivity index (χ2n) is 16.9. The lowest BCUT2D eigenvalue weighted by atomic mass is 9.90. The summed E-state index contributed by atoms with van der Waals surface area (Å²) in [5.41, 5.74) is 12.4. The molecule has 1 heterocycles. The molecule has 69 heavy (non-hydrogen) atoms. The summed E-state index contributed by atoms with van der Waals surface area (Å²) in [5.74, 6) is 2.12. The van der Waals surface area contributed by atoms with E-state index in [4.69, 9.17) is 13.9 Å². The average Bonchev–Trinajstić information content (AvgIpc) is 3.38. The van der Waals surface area contributed by atoms with Gasteiger partial charge in [0.2, 0.25) is 16.7 Å². The third kappa shape index (κ3) is 9.10. The number of ether oxygens (including phenoxy) is 2. The van der Waals surface area contributed by atoms with Crippen LogP contribution in [0, 0.1) is 13.8 Å². The molecule has 2 aliphatic rings. The van der Waals surface area contributed by atoms with Crippen molar-refractivity contribution in [2.75, 3.05) is 23.0 Å². The molecule has 7 nitrogen and oxygen atoms in total. The number of benzene rings is 9. The summed E-state index contributed by atoms with van der Waals surface area (Å²) in [6.45, 7) is 9.36. The summed E-state index contributed by atoms with van der Waals surface area (Å²) in [4.78, 5) is 19.4. The van der Waals surface area contributed by atoms with E-state index in [1.165, 1.54) is 0 Å². The minimum absolute atomic E-state index is 0.152. The summed E-state index contributed by atoms with van der Waals surface area (Å²) in [7, 11) is 0. The third-order valence-electron chi connectivity index (χ3n) is 12.2. The second kappa shape index (κ2) is 19.7. The smallest absolute Gasteiger partial charge is 0.263 e. The van der Waals surface area contributed by atoms with E-state index in [0.717, 1.165) is 89.9 Å². The average molecular weight is 903 g/mol. The lowest BCUT2D eigenvalue weighted by Crippen LogP contribution is -2.26. The lowest BCUT2D eigenvalue weighted by Gasteiger charge is -2.27. The molecule has 0 aromatic heterocycles. The van der Waals surface area contributed by atoms with Gasteiger partial charge in [0, 0.05) is 86.9 Å². The summed E-state index contributed by atoms with van der Waals surface area (Å²) in [6.07, 6.45) is 0. The normalized spacial score (nSPS) is 11.6. The molecule has 8 aromatic carbocycles. The van der Waals surface area contributed by atoms with Gasteiger partial charge in [0.05, 0.1) is 19.3 Å². The molecule has 0 atom stereocenters. The van der Waals surface area contributed by atoms with Gasteiger partial charge < -0.3 is 18.8 Å². The minimum Gasteiger partial charge on any atom is -0.494 e. The van der Waals surface area contributed by atoms with Crippen LogP contribution >= 0.6 is 0 Å². The van der Waals surface area contributed by atoms with E-state index < -0.39 is 0 Å². The predicted molar refractivity (Wildman–Crippen MR) is 282 cm³/mol. The Labute approximate surface area is 403 Å². The van der Waals surface area contributed by atoms with Gasteiger partial charge in [-0.25, -0.2) is 0 Å². The molecule has 0 unspecified atom stereocenters. The number of carbonyl (C=O) groups is 1. The molecule has 0 spiro atoms. The number of hydrogen-bond acceptors (Lipinski definition) is 5. The van der Waals surface area contributed by atoms with Gasteiger partial charge in [0.1, 0.15) is 22.8 Å². The van der Waals surface area contributed by atoms with E-state index in [1.807, 2.05) is 117 Å². The first-order valence-electron chi connectivity index (χ1n) is 23.4. The molecule has 0 saturated heterocycles. The molecule has 0 fully saturated rings. The Balaban J connectivity index is 1.25. The van der Waals surface area contributed by atoms with Crippen LogP contribution in [-0.2, 0) is 0 Å². The van der Waals surface area contributed by atoms with Crippen LogP contribution in [0.4, 0.5) is 39.8 Å². The number of fused-ring (bicyclic) bond motifs is 2. The standard InChI is InChI=1S/C62H52N3O4/c1-5-67-53-33-27-47(28-34-53)63(49-23-15-17-43(3)39-49)51-31-37-57-59(41-51)69-60-42-52(64(50-24-16-18-44(4)40-50)48-29-35-54(36-30-48)68-6-2)32-38-58(60)61(57)55-25-13-14-26-56(55)62(66)65(45-19-9-7-10-20-45)46-21-11-8-12-22-46/h7-42H,5-6H2,1-4H3/q+1. The Hall–Kier alpha value is -8.68. The van der Waals surface area contributed by atoms with E-state index in [-0.39, 0.29) is 5.91 Å². The lowest BCUT2D eigenvalue weighted by molar-refractivity contribution is 0.1000. The highest BCUT2D eigenvalue weighted by atomic mass is 16.5. The van der Waals surface area contributed by atoms with Gasteiger partial charge in [-0.2, -0.15) is 4.58 Å². The molecule has 0 N–H and O–H groups in total. The Bertz CT molecular complexity index is 3420. The summed E-state index contributed by atoms with van der Waals surface area (Å²) < 4.78 is 21.1. The Morgan fingerprint density at radius 1 is 0.493 bits per heavy atom. The maximum Gasteiger partial charge on any atom is 0.263 e. The SMILES string of the molecule is CCOc1ccc(N(c2cccc(C)c2)c2ccc3c(-c4ccccc4C(=O)N(c4ccccc4)c4ccccc4)c4ccc(=[N+](c5ccc(OCC)cc5)c5cccc(C)c5)cc-4oc3c2)cc1. The first-order valence-corrected chi connectivity index (χ1v) is 23.4. The predicted octanol–water partition coefficient (Wildman–Crippen LogP) is 15.5. The number of nitrogens with zero attached hydrogens (tertiary/aromatic N) is 3. The molecule has 338 valence electrons. The molecule has 8 aromatic rings. The fraction of sp³-hybridized carbons (Fsp3) is 0.0968. The number of para-hydroxylation sites is 2. The van der Waals surface area contributed by atoms with Crippen LogP contribution in [0.3, 0.4) is 0 Å². The van der Waals surface area contributed by atoms with Crippen molar-refractivity contribution in [1.29, 1.82) is 0 Å². The van der Waals surface area contributed by atoms with Crippen molar-refractivity contribution in [2.24, 2.45) is 0 Å². The van der Waals surface area contributed by atoms with E-state index in [1.54, 1.807) is 4.90 Å². The van der Waals surface area contributed by atoms with Crippen molar-refractivity contribution < 1.29 is 18.7 Å². The van der Waals surface area contributed by atoms with Crippen molar-refractivity contribution in [2.45, 2.75) is 27.7 Å². The topological polar surface area (TPSA) is 58.2 Å². The van der Waals surface area contributed by atoms with Crippen LogP contribution in [0.2, 0.25) is 0 Å². The van der Waals surface area contributed by atoms with Crippen molar-refractivity contribution in [1.82, 2.24) is 4.58 Å². The van der Waals surface area contributed by atoms with Crippen LogP contribution in [0.5, 0.6) is 11.5 Å². The van der Waals surface area contributed by atoms with Crippen LogP contribution in [0.25, 0.3) is 33.4 Å². The van der Waals surface area contributed by atoms with E-state index in [2.05, 4.69) is 139 Å². The van der Waals surface area contributed by atoms with Crippen LogP contribution in [0.1, 0.15) is 35.3 Å². The minimum atomic E-state index is -0.152. The van der Waals surface area contributed by atoms with Gasteiger partial charge in [-0.05, 0) is 141 Å². The number of hydrogen-bond donors (Lipinski definition) is 0. The highest BCUT2D eigenvalue weighted by Crippen LogP contribution is 2.45. The van der Waals surface area contributed by atoms with Crippen molar-refractivity contribution >= 4 is 56.7 Å². The Morgan fingerprint density at radius 3 is 1.72 bits per heavy atom. The third-order valence-corrected chi connectivity index (χ3v) is 12.2. The number of anilines is 5. The van der Waals surface area contributed by atoms with Gasteiger partial charge >= 0.3 is 0 Å². The molecule has 10 rings (SSSR count). The molecule has 0 bridgehead atoms. The Kier molecular flexibility index (Phi) is 12.6. The van der Waals surface area contributed by atoms with Gasteiger partial charge in [-0.1, -0.05) is 78.9 Å². The van der Waals surface area contributed by atoms with Gasteiger partial charge in [0.15, 0.2) is 0 Å².